The first-order valence-electron chi connectivity index (χ1n) is 12.5. The molecule has 0 bridgehead atoms. The van der Waals surface area contributed by atoms with Crippen LogP contribution in [0.1, 0.15) is 73.3 Å². The summed E-state index contributed by atoms with van der Waals surface area (Å²) in [5.41, 5.74) is 4.22. The zero-order valence-electron chi connectivity index (χ0n) is 21.1. The number of amides is 1. The number of aryl methyl sites for hydroxylation is 1. The fraction of sp³-hybridized carbons (Fsp3) is 0.333. The van der Waals surface area contributed by atoms with Crippen LogP contribution in [0.15, 0.2) is 72.8 Å². The second-order valence-electron chi connectivity index (χ2n) is 9.96. The Morgan fingerprint density at radius 1 is 0.972 bits per heavy atom. The van der Waals surface area contributed by atoms with Crippen LogP contribution in [0.4, 0.5) is 0 Å². The lowest BCUT2D eigenvalue weighted by Crippen LogP contribution is -2.40. The van der Waals surface area contributed by atoms with E-state index in [0.717, 1.165) is 22.5 Å². The predicted octanol–water partition coefficient (Wildman–Crippen LogP) is 5.94. The molecule has 1 amide bonds. The summed E-state index contributed by atoms with van der Waals surface area (Å²) in [7, 11) is 0. The number of benzene rings is 2. The van der Waals surface area contributed by atoms with Gasteiger partial charge < -0.3 is 10.4 Å². The van der Waals surface area contributed by atoms with Crippen molar-refractivity contribution in [2.45, 2.75) is 57.9 Å². The van der Waals surface area contributed by atoms with Crippen molar-refractivity contribution in [2.24, 2.45) is 5.92 Å². The number of fused-ring (bicyclic) bond motifs is 1. The Balaban J connectivity index is 1.64. The van der Waals surface area contributed by atoms with E-state index < -0.39 is 11.5 Å². The summed E-state index contributed by atoms with van der Waals surface area (Å²) in [5.74, 6) is -0.572. The summed E-state index contributed by atoms with van der Waals surface area (Å²) in [6.07, 6.45) is 10.5. The maximum atomic E-state index is 13.2. The summed E-state index contributed by atoms with van der Waals surface area (Å²) in [4.78, 5) is 34.1. The Labute approximate surface area is 212 Å². The van der Waals surface area contributed by atoms with Crippen LogP contribution in [0.3, 0.4) is 0 Å². The number of carboxylic acids is 1. The second-order valence-corrected chi connectivity index (χ2v) is 9.96. The van der Waals surface area contributed by atoms with Crippen LogP contribution < -0.4 is 5.32 Å². The molecule has 0 saturated heterocycles. The molecule has 186 valence electrons. The molecule has 0 aliphatic heterocycles. The standard InChI is InChI=1S/C30H33N3O3/c1-20-11-7-8-14-23(20)28-25(15-9-10-16-27(34)35)31-26-19-21(17-18-24(26)32-28)29(36)33-30(2,3)22-12-5-4-6-13-22/h4-8,11-14,17-20,23H,9-10,15-16H2,1-3H3,(H,33,36)(H,34,35). The monoisotopic (exact) mass is 483 g/mol. The van der Waals surface area contributed by atoms with Gasteiger partial charge in [0, 0.05) is 17.9 Å². The van der Waals surface area contributed by atoms with Crippen molar-refractivity contribution in [1.82, 2.24) is 15.3 Å². The molecule has 4 rings (SSSR count). The predicted molar refractivity (Wildman–Crippen MR) is 142 cm³/mol. The minimum atomic E-state index is -0.789. The highest BCUT2D eigenvalue weighted by atomic mass is 16.4. The molecule has 2 unspecified atom stereocenters. The van der Waals surface area contributed by atoms with Crippen LogP contribution in [0, 0.1) is 5.92 Å². The number of hydrogen-bond acceptors (Lipinski definition) is 4. The second kappa shape index (κ2) is 10.9. The van der Waals surface area contributed by atoms with E-state index in [-0.39, 0.29) is 24.2 Å². The van der Waals surface area contributed by atoms with Gasteiger partial charge in [0.05, 0.1) is 28.0 Å². The van der Waals surface area contributed by atoms with Crippen LogP contribution in [-0.2, 0) is 16.8 Å². The third kappa shape index (κ3) is 5.88. The number of carbonyl (C=O) groups excluding carboxylic acids is 1. The van der Waals surface area contributed by atoms with Gasteiger partial charge in [-0.2, -0.15) is 0 Å². The minimum absolute atomic E-state index is 0.107. The highest BCUT2D eigenvalue weighted by molar-refractivity contribution is 5.97. The lowest BCUT2D eigenvalue weighted by molar-refractivity contribution is -0.137. The molecule has 1 aliphatic rings. The number of unbranched alkanes of at least 4 members (excludes halogenated alkanes) is 1. The van der Waals surface area contributed by atoms with Gasteiger partial charge in [-0.15, -0.1) is 0 Å². The molecule has 0 saturated carbocycles. The van der Waals surface area contributed by atoms with Crippen LogP contribution in [-0.4, -0.2) is 27.0 Å². The summed E-state index contributed by atoms with van der Waals surface area (Å²) in [6.45, 7) is 6.12. The largest absolute Gasteiger partial charge is 0.481 e. The van der Waals surface area contributed by atoms with Crippen LogP contribution in [0.25, 0.3) is 11.0 Å². The molecule has 36 heavy (non-hydrogen) atoms. The number of allylic oxidation sites excluding steroid dienone is 4. The van der Waals surface area contributed by atoms with Crippen molar-refractivity contribution in [3.63, 3.8) is 0 Å². The Bertz CT molecular complexity index is 1310. The van der Waals surface area contributed by atoms with Crippen molar-refractivity contribution in [1.29, 1.82) is 0 Å². The Morgan fingerprint density at radius 2 is 1.72 bits per heavy atom. The number of carbonyl (C=O) groups is 2. The van der Waals surface area contributed by atoms with Crippen molar-refractivity contribution in [3.8, 4) is 0 Å². The summed E-state index contributed by atoms with van der Waals surface area (Å²) >= 11 is 0. The van der Waals surface area contributed by atoms with Gasteiger partial charge in [-0.1, -0.05) is 61.6 Å². The zero-order valence-corrected chi connectivity index (χ0v) is 21.1. The van der Waals surface area contributed by atoms with E-state index in [1.165, 1.54) is 0 Å². The first-order chi connectivity index (χ1) is 17.2. The summed E-state index contributed by atoms with van der Waals surface area (Å²) in [6, 6.07) is 15.3. The lowest BCUT2D eigenvalue weighted by Gasteiger charge is -2.27. The molecule has 1 heterocycles. The smallest absolute Gasteiger partial charge is 0.303 e. The van der Waals surface area contributed by atoms with Crippen LogP contribution >= 0.6 is 0 Å². The highest BCUT2D eigenvalue weighted by Gasteiger charge is 2.25. The van der Waals surface area contributed by atoms with Crippen LogP contribution in [0.5, 0.6) is 0 Å². The Morgan fingerprint density at radius 3 is 2.44 bits per heavy atom. The van der Waals surface area contributed by atoms with Gasteiger partial charge in [-0.3, -0.25) is 9.59 Å². The van der Waals surface area contributed by atoms with E-state index in [4.69, 9.17) is 15.1 Å². The lowest BCUT2D eigenvalue weighted by atomic mass is 9.85. The number of aliphatic carboxylic acids is 1. The van der Waals surface area contributed by atoms with Gasteiger partial charge in [0.1, 0.15) is 0 Å². The van der Waals surface area contributed by atoms with Gasteiger partial charge in [0.15, 0.2) is 0 Å². The van der Waals surface area contributed by atoms with Gasteiger partial charge in [0.2, 0.25) is 0 Å². The molecule has 0 radical (unpaired) electrons. The highest BCUT2D eigenvalue weighted by Crippen LogP contribution is 2.32. The summed E-state index contributed by atoms with van der Waals surface area (Å²) < 4.78 is 0. The van der Waals surface area contributed by atoms with Crippen molar-refractivity contribution >= 4 is 22.9 Å². The van der Waals surface area contributed by atoms with Gasteiger partial charge in [-0.05, 0) is 62.8 Å². The number of aromatic nitrogens is 2. The molecular formula is C30H33N3O3. The van der Waals surface area contributed by atoms with E-state index in [0.29, 0.717) is 30.3 Å². The third-order valence-corrected chi connectivity index (χ3v) is 6.73. The molecule has 6 heteroatoms. The molecule has 0 spiro atoms. The first-order valence-corrected chi connectivity index (χ1v) is 12.5. The number of nitrogens with one attached hydrogen (secondary N) is 1. The molecule has 3 aromatic rings. The Kier molecular flexibility index (Phi) is 7.63. The van der Waals surface area contributed by atoms with Gasteiger partial charge in [0.25, 0.3) is 5.91 Å². The van der Waals surface area contributed by atoms with E-state index in [9.17, 15) is 9.59 Å². The summed E-state index contributed by atoms with van der Waals surface area (Å²) in [5, 5.41) is 12.1. The van der Waals surface area contributed by atoms with E-state index in [1.54, 1.807) is 12.1 Å². The molecule has 6 nitrogen and oxygen atoms in total. The maximum Gasteiger partial charge on any atom is 0.303 e. The average Bonchev–Trinajstić information content (AvgIpc) is 2.86. The van der Waals surface area contributed by atoms with Gasteiger partial charge in [-0.25, -0.2) is 9.97 Å². The fourth-order valence-electron chi connectivity index (χ4n) is 4.61. The number of rotatable bonds is 9. The van der Waals surface area contributed by atoms with Crippen LogP contribution in [0.2, 0.25) is 0 Å². The maximum absolute atomic E-state index is 13.2. The molecule has 2 N–H and O–H groups in total. The number of hydrogen-bond donors (Lipinski definition) is 2. The molecule has 1 aromatic heterocycles. The van der Waals surface area contributed by atoms with Crippen molar-refractivity contribution < 1.29 is 14.7 Å². The normalized spacial score (nSPS) is 17.3. The minimum Gasteiger partial charge on any atom is -0.481 e. The van der Waals surface area contributed by atoms with E-state index in [2.05, 4.69) is 24.4 Å². The van der Waals surface area contributed by atoms with E-state index in [1.807, 2.05) is 62.4 Å². The topological polar surface area (TPSA) is 92.2 Å². The molecule has 2 atom stereocenters. The van der Waals surface area contributed by atoms with Crippen molar-refractivity contribution in [2.75, 3.05) is 0 Å². The molecular weight excluding hydrogens is 450 g/mol. The quantitative estimate of drug-likeness (QED) is 0.368. The third-order valence-electron chi connectivity index (χ3n) is 6.73. The molecule has 0 fully saturated rings. The average molecular weight is 484 g/mol. The Hall–Kier alpha value is -3.80. The molecule has 1 aliphatic carbocycles. The van der Waals surface area contributed by atoms with Crippen molar-refractivity contribution in [3.05, 3.63) is 95.3 Å². The van der Waals surface area contributed by atoms with E-state index >= 15 is 0 Å². The molecule has 2 aromatic carbocycles. The number of nitrogens with zero attached hydrogens (tertiary/aromatic N) is 2. The first kappa shape index (κ1) is 25.3. The zero-order chi connectivity index (χ0) is 25.7. The fourth-order valence-corrected chi connectivity index (χ4v) is 4.61. The SMILES string of the molecule is CC1C=CC=CC1c1nc2ccc(C(=O)NC(C)(C)c3ccccc3)cc2nc1CCCCC(=O)O. The number of carboxylic acid groups (broad SMARTS) is 1. The van der Waals surface area contributed by atoms with Gasteiger partial charge >= 0.3 is 5.97 Å².